The normalized spacial score (nSPS) is 10.9. The average Bonchev–Trinajstić information content (AvgIpc) is 2.70. The first kappa shape index (κ1) is 10.4. The van der Waals surface area contributed by atoms with E-state index in [2.05, 4.69) is 15.3 Å². The minimum absolute atomic E-state index is 0.191. The molecule has 0 fully saturated rings. The van der Waals surface area contributed by atoms with Crippen LogP contribution in [0.5, 0.6) is 5.75 Å². The van der Waals surface area contributed by atoms with E-state index in [9.17, 15) is 5.11 Å². The molecule has 0 bridgehead atoms. The van der Waals surface area contributed by atoms with E-state index in [-0.39, 0.29) is 17.6 Å². The first-order valence-electron chi connectivity index (χ1n) is 4.92. The number of aromatic nitrogens is 4. The van der Waals surface area contributed by atoms with E-state index in [4.69, 9.17) is 5.73 Å². The smallest absolute Gasteiger partial charge is 0.132 e. The minimum atomic E-state index is -0.191. The van der Waals surface area contributed by atoms with Crippen molar-refractivity contribution in [1.29, 1.82) is 0 Å². The van der Waals surface area contributed by atoms with Crippen molar-refractivity contribution in [2.75, 3.05) is 5.73 Å². The highest BCUT2D eigenvalue weighted by atomic mass is 16.3. The Kier molecular flexibility index (Phi) is 2.47. The average molecular weight is 218 g/mol. The van der Waals surface area contributed by atoms with Crippen LogP contribution in [-0.4, -0.2) is 20.0 Å². The summed E-state index contributed by atoms with van der Waals surface area (Å²) in [6, 6.07) is 1.63. The third-order valence-corrected chi connectivity index (χ3v) is 2.21. The molecule has 84 valence electrons. The van der Waals surface area contributed by atoms with E-state index in [1.54, 1.807) is 10.9 Å². The van der Waals surface area contributed by atoms with Crippen LogP contribution in [0.15, 0.2) is 18.5 Å². The fourth-order valence-corrected chi connectivity index (χ4v) is 1.31. The first-order valence-corrected chi connectivity index (χ1v) is 4.92. The predicted molar refractivity (Wildman–Crippen MR) is 57.5 cm³/mol. The number of rotatable bonds is 2. The summed E-state index contributed by atoms with van der Waals surface area (Å²) in [6.45, 7) is 3.98. The molecule has 0 amide bonds. The molecular formula is C10H12N5O-. The molecule has 0 radical (unpaired) electrons. The molecule has 2 heterocycles. The van der Waals surface area contributed by atoms with Crippen LogP contribution >= 0.6 is 0 Å². The molecule has 6 heteroatoms. The number of anilines is 1. The number of pyridine rings is 1. The maximum absolute atomic E-state index is 11.2. The summed E-state index contributed by atoms with van der Waals surface area (Å²) in [4.78, 5) is 3.80. The van der Waals surface area contributed by atoms with Crippen molar-refractivity contribution in [2.45, 2.75) is 19.9 Å². The second-order valence-electron chi connectivity index (χ2n) is 3.78. The molecule has 16 heavy (non-hydrogen) atoms. The van der Waals surface area contributed by atoms with Crippen LogP contribution in [0, 0.1) is 0 Å². The van der Waals surface area contributed by atoms with Gasteiger partial charge in [0.25, 0.3) is 0 Å². The Hall–Kier alpha value is -2.11. The number of nitrogens with two attached hydrogens (primary N) is 1. The lowest BCUT2D eigenvalue weighted by Crippen LogP contribution is -2.00. The van der Waals surface area contributed by atoms with Gasteiger partial charge in [0.15, 0.2) is 0 Å². The van der Waals surface area contributed by atoms with Crippen LogP contribution in [0.2, 0.25) is 0 Å². The number of hydrogen-bond acceptors (Lipinski definition) is 5. The fourth-order valence-electron chi connectivity index (χ4n) is 1.31. The van der Waals surface area contributed by atoms with E-state index >= 15 is 0 Å². The highest BCUT2D eigenvalue weighted by molar-refractivity contribution is 5.71. The third-order valence-electron chi connectivity index (χ3n) is 2.21. The van der Waals surface area contributed by atoms with Crippen molar-refractivity contribution in [3.8, 4) is 17.0 Å². The van der Waals surface area contributed by atoms with Crippen LogP contribution in [0.1, 0.15) is 19.9 Å². The van der Waals surface area contributed by atoms with Crippen molar-refractivity contribution in [3.05, 3.63) is 18.5 Å². The zero-order valence-electron chi connectivity index (χ0n) is 9.08. The van der Waals surface area contributed by atoms with Crippen molar-refractivity contribution < 1.29 is 5.11 Å². The molecule has 0 saturated heterocycles. The van der Waals surface area contributed by atoms with Gasteiger partial charge in [0.05, 0.1) is 6.20 Å². The SMILES string of the molecule is CC(C)n1cc(-c2cc([O-])cnc2N)nn1. The third kappa shape index (κ3) is 1.81. The molecule has 0 atom stereocenters. The summed E-state index contributed by atoms with van der Waals surface area (Å²) in [5, 5.41) is 19.1. The maximum atomic E-state index is 11.2. The number of nitrogen functional groups attached to an aromatic ring is 1. The second-order valence-corrected chi connectivity index (χ2v) is 3.78. The van der Waals surface area contributed by atoms with Gasteiger partial charge in [-0.2, -0.15) is 0 Å². The van der Waals surface area contributed by atoms with Gasteiger partial charge in [-0.1, -0.05) is 17.0 Å². The van der Waals surface area contributed by atoms with Crippen LogP contribution in [0.4, 0.5) is 5.82 Å². The van der Waals surface area contributed by atoms with Gasteiger partial charge >= 0.3 is 0 Å². The van der Waals surface area contributed by atoms with Crippen molar-refractivity contribution in [2.24, 2.45) is 0 Å². The van der Waals surface area contributed by atoms with Gasteiger partial charge in [-0.15, -0.1) is 5.10 Å². The minimum Gasteiger partial charge on any atom is -0.871 e. The van der Waals surface area contributed by atoms with E-state index in [1.807, 2.05) is 13.8 Å². The summed E-state index contributed by atoms with van der Waals surface area (Å²) >= 11 is 0. The Balaban J connectivity index is 2.46. The molecule has 0 spiro atoms. The summed E-state index contributed by atoms with van der Waals surface area (Å²) in [6.07, 6.45) is 2.93. The quantitative estimate of drug-likeness (QED) is 0.795. The highest BCUT2D eigenvalue weighted by Gasteiger charge is 2.09. The molecule has 2 aromatic heterocycles. The lowest BCUT2D eigenvalue weighted by molar-refractivity contribution is -0.268. The highest BCUT2D eigenvalue weighted by Crippen LogP contribution is 2.24. The van der Waals surface area contributed by atoms with Gasteiger partial charge in [-0.3, -0.25) is 0 Å². The molecule has 2 N–H and O–H groups in total. The molecule has 0 saturated carbocycles. The molecule has 0 aliphatic rings. The Morgan fingerprint density at radius 3 is 2.81 bits per heavy atom. The largest absolute Gasteiger partial charge is 0.871 e. The van der Waals surface area contributed by atoms with E-state index in [0.29, 0.717) is 11.3 Å². The standard InChI is InChI=1S/C10H13N5O/c1-6(2)15-5-9(13-14-15)8-3-7(16)4-12-10(8)11/h3-6,16H,1-2H3,(H2,11,12)/p-1. The molecule has 6 nitrogen and oxygen atoms in total. The zero-order valence-corrected chi connectivity index (χ0v) is 9.08. The van der Waals surface area contributed by atoms with Gasteiger partial charge in [-0.25, -0.2) is 9.67 Å². The van der Waals surface area contributed by atoms with Gasteiger partial charge in [0.2, 0.25) is 0 Å². The summed E-state index contributed by atoms with van der Waals surface area (Å²) in [7, 11) is 0. The molecule has 0 aliphatic carbocycles. The lowest BCUT2D eigenvalue weighted by Gasteiger charge is -2.07. The van der Waals surface area contributed by atoms with Crippen LogP contribution < -0.4 is 10.8 Å². The molecule has 0 aliphatic heterocycles. The first-order chi connectivity index (χ1) is 7.58. The van der Waals surface area contributed by atoms with Crippen molar-refractivity contribution in [3.63, 3.8) is 0 Å². The number of hydrogen-bond donors (Lipinski definition) is 1. The van der Waals surface area contributed by atoms with Crippen LogP contribution in [0.25, 0.3) is 11.3 Å². The van der Waals surface area contributed by atoms with E-state index < -0.39 is 0 Å². The van der Waals surface area contributed by atoms with Gasteiger partial charge in [-0.05, 0) is 13.8 Å². The Labute approximate surface area is 92.7 Å². The molecule has 0 aromatic carbocycles. The molecule has 2 rings (SSSR count). The molecule has 0 unspecified atom stereocenters. The lowest BCUT2D eigenvalue weighted by atomic mass is 10.2. The fraction of sp³-hybridized carbons (Fsp3) is 0.300. The van der Waals surface area contributed by atoms with Gasteiger partial charge in [0, 0.05) is 17.8 Å². The van der Waals surface area contributed by atoms with Crippen molar-refractivity contribution in [1.82, 2.24) is 20.0 Å². The predicted octanol–water partition coefficient (Wildman–Crippen LogP) is 0.577. The van der Waals surface area contributed by atoms with E-state index in [1.165, 1.54) is 12.3 Å². The topological polar surface area (TPSA) is 92.7 Å². The van der Waals surface area contributed by atoms with Crippen LogP contribution in [-0.2, 0) is 0 Å². The summed E-state index contributed by atoms with van der Waals surface area (Å²) in [5.41, 5.74) is 6.77. The van der Waals surface area contributed by atoms with Crippen LogP contribution in [0.3, 0.4) is 0 Å². The van der Waals surface area contributed by atoms with Crippen molar-refractivity contribution >= 4 is 5.82 Å². The Bertz CT molecular complexity index is 506. The van der Waals surface area contributed by atoms with Gasteiger partial charge < -0.3 is 10.8 Å². The molecular weight excluding hydrogens is 206 g/mol. The number of nitrogens with zero attached hydrogens (tertiary/aromatic N) is 4. The Morgan fingerprint density at radius 1 is 1.44 bits per heavy atom. The monoisotopic (exact) mass is 218 g/mol. The van der Waals surface area contributed by atoms with Gasteiger partial charge in [0.1, 0.15) is 11.5 Å². The molecule has 2 aromatic rings. The summed E-state index contributed by atoms with van der Waals surface area (Å²) < 4.78 is 1.70. The Morgan fingerprint density at radius 2 is 2.19 bits per heavy atom. The zero-order chi connectivity index (χ0) is 11.7. The van der Waals surface area contributed by atoms with E-state index in [0.717, 1.165) is 0 Å². The second kappa shape index (κ2) is 3.80. The maximum Gasteiger partial charge on any atom is 0.132 e. The summed E-state index contributed by atoms with van der Waals surface area (Å²) in [5.74, 6) is 0.0960.